The fraction of sp³-hybridized carbons (Fsp3) is 0.750. The highest BCUT2D eigenvalue weighted by molar-refractivity contribution is 7.15. The summed E-state index contributed by atoms with van der Waals surface area (Å²) in [6.45, 7) is 0. The molecule has 0 aromatic carbocycles. The summed E-state index contributed by atoms with van der Waals surface area (Å²) in [5.74, 6) is 0.614. The molecular formula is C12H17N3O2S. The van der Waals surface area contributed by atoms with Gasteiger partial charge in [-0.2, -0.15) is 0 Å². The Kier molecular flexibility index (Phi) is 3.20. The van der Waals surface area contributed by atoms with Gasteiger partial charge in [0.15, 0.2) is 0 Å². The molecule has 6 heteroatoms. The van der Waals surface area contributed by atoms with Crippen LogP contribution in [-0.4, -0.2) is 29.3 Å². The van der Waals surface area contributed by atoms with Crippen LogP contribution in [0, 0.1) is 5.92 Å². The average Bonchev–Trinajstić information content (AvgIpc) is 2.96. The minimum absolute atomic E-state index is 0.0447. The maximum atomic E-state index is 11.4. The van der Waals surface area contributed by atoms with Crippen molar-refractivity contribution in [2.75, 3.05) is 12.4 Å². The number of ether oxygens (including phenoxy) is 1. The van der Waals surface area contributed by atoms with Gasteiger partial charge in [-0.05, 0) is 32.1 Å². The van der Waals surface area contributed by atoms with E-state index in [0.29, 0.717) is 12.0 Å². The van der Waals surface area contributed by atoms with Crippen molar-refractivity contribution >= 4 is 22.4 Å². The van der Waals surface area contributed by atoms with Crippen molar-refractivity contribution in [3.05, 3.63) is 5.01 Å². The maximum absolute atomic E-state index is 11.4. The van der Waals surface area contributed by atoms with Gasteiger partial charge in [0.1, 0.15) is 5.01 Å². The van der Waals surface area contributed by atoms with Crippen LogP contribution in [-0.2, 0) is 9.53 Å². The van der Waals surface area contributed by atoms with Crippen molar-refractivity contribution in [3.8, 4) is 0 Å². The van der Waals surface area contributed by atoms with Gasteiger partial charge in [0.2, 0.25) is 5.13 Å². The van der Waals surface area contributed by atoms with Gasteiger partial charge in [-0.25, -0.2) is 0 Å². The van der Waals surface area contributed by atoms with Gasteiger partial charge in [0, 0.05) is 12.0 Å². The molecule has 5 nitrogen and oxygen atoms in total. The zero-order valence-corrected chi connectivity index (χ0v) is 11.2. The fourth-order valence-corrected chi connectivity index (χ4v) is 3.45. The van der Waals surface area contributed by atoms with Gasteiger partial charge in [-0.15, -0.1) is 10.2 Å². The number of anilines is 1. The van der Waals surface area contributed by atoms with Crippen molar-refractivity contribution in [1.29, 1.82) is 0 Å². The van der Waals surface area contributed by atoms with Crippen molar-refractivity contribution < 1.29 is 9.53 Å². The minimum atomic E-state index is -0.0877. The Hall–Kier alpha value is -1.17. The third-order valence-electron chi connectivity index (χ3n) is 3.66. The first-order valence-electron chi connectivity index (χ1n) is 6.44. The molecule has 0 unspecified atom stereocenters. The van der Waals surface area contributed by atoms with Crippen molar-refractivity contribution in [2.45, 2.75) is 44.1 Å². The van der Waals surface area contributed by atoms with E-state index in [1.165, 1.54) is 20.0 Å². The summed E-state index contributed by atoms with van der Waals surface area (Å²) in [6.07, 6.45) is 5.24. The number of carbonyl (C=O) groups excluding carboxylic acids is 1. The first kappa shape index (κ1) is 11.9. The van der Waals surface area contributed by atoms with Crippen LogP contribution in [0.2, 0.25) is 0 Å². The highest BCUT2D eigenvalue weighted by atomic mass is 32.1. The molecule has 1 aromatic heterocycles. The Morgan fingerprint density at radius 2 is 2.17 bits per heavy atom. The first-order valence-corrected chi connectivity index (χ1v) is 7.25. The molecule has 3 rings (SSSR count). The SMILES string of the molecule is COC(=O)[C@H]1CC[C@@H](Nc2nnc(C3CC3)s2)C1. The number of hydrogen-bond acceptors (Lipinski definition) is 6. The van der Waals surface area contributed by atoms with Gasteiger partial charge < -0.3 is 10.1 Å². The second-order valence-corrected chi connectivity index (χ2v) is 6.10. The molecule has 0 spiro atoms. The van der Waals surface area contributed by atoms with Gasteiger partial charge in [0.05, 0.1) is 13.0 Å². The van der Waals surface area contributed by atoms with Crippen LogP contribution in [0.1, 0.15) is 43.0 Å². The largest absolute Gasteiger partial charge is 0.469 e. The van der Waals surface area contributed by atoms with Crippen molar-refractivity contribution in [1.82, 2.24) is 10.2 Å². The van der Waals surface area contributed by atoms with E-state index >= 15 is 0 Å². The second kappa shape index (κ2) is 4.84. The highest BCUT2D eigenvalue weighted by Crippen LogP contribution is 2.42. The summed E-state index contributed by atoms with van der Waals surface area (Å²) in [5.41, 5.74) is 0. The number of esters is 1. The number of rotatable bonds is 4. The van der Waals surface area contributed by atoms with Crippen molar-refractivity contribution in [2.24, 2.45) is 5.92 Å². The van der Waals surface area contributed by atoms with Gasteiger partial charge in [-0.1, -0.05) is 11.3 Å². The number of hydrogen-bond donors (Lipinski definition) is 1. The quantitative estimate of drug-likeness (QED) is 0.847. The Morgan fingerprint density at radius 1 is 1.33 bits per heavy atom. The lowest BCUT2D eigenvalue weighted by atomic mass is 10.1. The second-order valence-electron chi connectivity index (χ2n) is 5.09. The average molecular weight is 267 g/mol. The molecule has 2 atom stereocenters. The summed E-state index contributed by atoms with van der Waals surface area (Å²) in [7, 11) is 1.45. The molecule has 0 aliphatic heterocycles. The predicted molar refractivity (Wildman–Crippen MR) is 68.7 cm³/mol. The smallest absolute Gasteiger partial charge is 0.308 e. The number of nitrogens with zero attached hydrogens (tertiary/aromatic N) is 2. The molecule has 98 valence electrons. The lowest BCUT2D eigenvalue weighted by Gasteiger charge is -2.10. The Morgan fingerprint density at radius 3 is 2.89 bits per heavy atom. The van der Waals surface area contributed by atoms with Crippen LogP contribution in [0.3, 0.4) is 0 Å². The molecule has 2 aliphatic carbocycles. The van der Waals surface area contributed by atoms with E-state index in [4.69, 9.17) is 4.74 Å². The molecule has 2 aliphatic rings. The Labute approximate surface area is 110 Å². The number of aromatic nitrogens is 2. The molecule has 2 fully saturated rings. The van der Waals surface area contributed by atoms with Crippen LogP contribution in [0.25, 0.3) is 0 Å². The molecule has 0 saturated heterocycles. The van der Waals surface area contributed by atoms with E-state index in [0.717, 1.165) is 29.4 Å². The monoisotopic (exact) mass is 267 g/mol. The Bertz CT molecular complexity index is 444. The van der Waals surface area contributed by atoms with E-state index in [1.807, 2.05) is 0 Å². The molecule has 1 heterocycles. The van der Waals surface area contributed by atoms with Crippen molar-refractivity contribution in [3.63, 3.8) is 0 Å². The molecule has 1 N–H and O–H groups in total. The summed E-state index contributed by atoms with van der Waals surface area (Å²) >= 11 is 1.66. The summed E-state index contributed by atoms with van der Waals surface area (Å²) in [4.78, 5) is 11.4. The molecule has 0 amide bonds. The third kappa shape index (κ3) is 2.48. The topological polar surface area (TPSA) is 64.1 Å². The minimum Gasteiger partial charge on any atom is -0.469 e. The zero-order chi connectivity index (χ0) is 12.5. The highest BCUT2D eigenvalue weighted by Gasteiger charge is 2.32. The summed E-state index contributed by atoms with van der Waals surface area (Å²) < 4.78 is 4.78. The fourth-order valence-electron chi connectivity index (χ4n) is 2.46. The number of nitrogens with one attached hydrogen (secondary N) is 1. The van der Waals surface area contributed by atoms with E-state index in [9.17, 15) is 4.79 Å². The number of carbonyl (C=O) groups is 1. The van der Waals surface area contributed by atoms with Crippen LogP contribution in [0.4, 0.5) is 5.13 Å². The van der Waals surface area contributed by atoms with Crippen LogP contribution < -0.4 is 5.32 Å². The van der Waals surface area contributed by atoms with Gasteiger partial charge >= 0.3 is 5.97 Å². The van der Waals surface area contributed by atoms with Gasteiger partial charge in [0.25, 0.3) is 0 Å². The van der Waals surface area contributed by atoms with Crippen LogP contribution in [0.15, 0.2) is 0 Å². The van der Waals surface area contributed by atoms with E-state index < -0.39 is 0 Å². The summed E-state index contributed by atoms with van der Waals surface area (Å²) in [5, 5.41) is 13.8. The third-order valence-corrected chi connectivity index (χ3v) is 4.68. The lowest BCUT2D eigenvalue weighted by Crippen LogP contribution is -2.18. The van der Waals surface area contributed by atoms with E-state index in [-0.39, 0.29) is 11.9 Å². The lowest BCUT2D eigenvalue weighted by molar-refractivity contribution is -0.145. The van der Waals surface area contributed by atoms with Crippen LogP contribution in [0.5, 0.6) is 0 Å². The Balaban J connectivity index is 1.55. The molecule has 18 heavy (non-hydrogen) atoms. The first-order chi connectivity index (χ1) is 8.76. The standard InChI is InChI=1S/C12H17N3O2S/c1-17-11(16)8-4-5-9(6-8)13-12-15-14-10(18-12)7-2-3-7/h7-9H,2-6H2,1H3,(H,13,15)/t8-,9+/m0/s1. The number of methoxy groups -OCH3 is 1. The zero-order valence-electron chi connectivity index (χ0n) is 10.4. The molecule has 1 aromatic rings. The van der Waals surface area contributed by atoms with E-state index in [2.05, 4.69) is 15.5 Å². The molecular weight excluding hydrogens is 250 g/mol. The van der Waals surface area contributed by atoms with E-state index in [1.54, 1.807) is 11.3 Å². The van der Waals surface area contributed by atoms with Crippen LogP contribution >= 0.6 is 11.3 Å². The molecule has 0 bridgehead atoms. The maximum Gasteiger partial charge on any atom is 0.308 e. The molecule has 2 saturated carbocycles. The molecule has 0 radical (unpaired) electrons. The van der Waals surface area contributed by atoms with Gasteiger partial charge in [-0.3, -0.25) is 4.79 Å². The normalized spacial score (nSPS) is 27.2. The summed E-state index contributed by atoms with van der Waals surface area (Å²) in [6, 6.07) is 0.328. The predicted octanol–water partition coefficient (Wildman–Crippen LogP) is 2.17.